The van der Waals surface area contributed by atoms with E-state index in [1.807, 2.05) is 6.92 Å². The normalized spacial score (nSPS) is 10.3. The van der Waals surface area contributed by atoms with E-state index in [0.29, 0.717) is 29.4 Å². The number of anilines is 1. The Labute approximate surface area is 151 Å². The highest BCUT2D eigenvalue weighted by molar-refractivity contribution is 5.86. The fourth-order valence-electron chi connectivity index (χ4n) is 2.40. The lowest BCUT2D eigenvalue weighted by Crippen LogP contribution is -2.28. The molecule has 2 rings (SSSR count). The zero-order valence-electron chi connectivity index (χ0n) is 15.0. The average molecular weight is 363 g/mol. The fourth-order valence-corrected chi connectivity index (χ4v) is 2.40. The van der Waals surface area contributed by atoms with Crippen molar-refractivity contribution in [2.24, 2.45) is 0 Å². The lowest BCUT2D eigenvalue weighted by molar-refractivity contribution is 0.140. The Bertz CT molecular complexity index is 766. The second-order valence-electron chi connectivity index (χ2n) is 5.38. The summed E-state index contributed by atoms with van der Waals surface area (Å²) < 4.78 is 29.8. The molecule has 0 fully saturated rings. The summed E-state index contributed by atoms with van der Waals surface area (Å²) in [5.41, 5.74) is 1.38. The molecule has 0 unspecified atom stereocenters. The van der Waals surface area contributed by atoms with Crippen LogP contribution in [-0.4, -0.2) is 25.0 Å². The Morgan fingerprint density at radius 3 is 2.54 bits per heavy atom. The number of hydrogen-bond donors (Lipinski definition) is 1. The van der Waals surface area contributed by atoms with E-state index in [-0.39, 0.29) is 18.0 Å². The first-order valence-electron chi connectivity index (χ1n) is 8.24. The van der Waals surface area contributed by atoms with E-state index in [2.05, 4.69) is 4.74 Å². The van der Waals surface area contributed by atoms with Gasteiger partial charge in [-0.2, -0.15) is 5.06 Å². The first-order valence-corrected chi connectivity index (χ1v) is 8.24. The van der Waals surface area contributed by atoms with Crippen molar-refractivity contribution >= 4 is 11.8 Å². The number of amides is 1. The molecule has 0 spiro atoms. The molecule has 0 saturated carbocycles. The van der Waals surface area contributed by atoms with Crippen molar-refractivity contribution in [1.82, 2.24) is 0 Å². The van der Waals surface area contributed by atoms with Gasteiger partial charge in [-0.3, -0.25) is 5.21 Å². The van der Waals surface area contributed by atoms with Gasteiger partial charge in [0.1, 0.15) is 12.4 Å². The highest BCUT2D eigenvalue weighted by atomic mass is 19.1. The van der Waals surface area contributed by atoms with Gasteiger partial charge in [0.25, 0.3) is 0 Å². The Kier molecular flexibility index (Phi) is 6.80. The first-order chi connectivity index (χ1) is 12.5. The molecule has 26 heavy (non-hydrogen) atoms. The van der Waals surface area contributed by atoms with E-state index >= 15 is 0 Å². The molecular weight excluding hydrogens is 341 g/mol. The van der Waals surface area contributed by atoms with E-state index in [1.165, 1.54) is 12.1 Å². The molecular formula is C19H22FNO5. The van der Waals surface area contributed by atoms with Gasteiger partial charge in [-0.15, -0.1) is 0 Å². The van der Waals surface area contributed by atoms with Crippen LogP contribution in [0.15, 0.2) is 36.4 Å². The number of hydrogen-bond acceptors (Lipinski definition) is 5. The minimum atomic E-state index is -0.960. The molecule has 0 atom stereocenters. The maximum absolute atomic E-state index is 14.1. The summed E-state index contributed by atoms with van der Waals surface area (Å²) in [4.78, 5) is 11.6. The number of hydroxylamine groups is 1. The third-order valence-electron chi connectivity index (χ3n) is 3.76. The predicted molar refractivity (Wildman–Crippen MR) is 94.4 cm³/mol. The van der Waals surface area contributed by atoms with Crippen molar-refractivity contribution in [3.8, 4) is 11.5 Å². The van der Waals surface area contributed by atoms with Crippen molar-refractivity contribution in [2.75, 3.05) is 18.8 Å². The smallest absolute Gasteiger partial charge is 0.438 e. The van der Waals surface area contributed by atoms with Crippen LogP contribution >= 0.6 is 0 Å². The molecule has 140 valence electrons. The van der Waals surface area contributed by atoms with E-state index in [9.17, 15) is 14.4 Å². The number of aryl methyl sites for hydroxylation is 1. The van der Waals surface area contributed by atoms with Crippen molar-refractivity contribution < 1.29 is 28.6 Å². The average Bonchev–Trinajstić information content (AvgIpc) is 2.66. The Balaban J connectivity index is 2.32. The minimum Gasteiger partial charge on any atom is -0.493 e. The van der Waals surface area contributed by atoms with Gasteiger partial charge in [-0.1, -0.05) is 19.1 Å². The maximum Gasteiger partial charge on any atom is 0.438 e. The van der Waals surface area contributed by atoms with Crippen LogP contribution in [0.5, 0.6) is 11.5 Å². The molecule has 6 nitrogen and oxygen atoms in total. The number of benzene rings is 2. The first kappa shape index (κ1) is 19.5. The van der Waals surface area contributed by atoms with Gasteiger partial charge in [0, 0.05) is 0 Å². The predicted octanol–water partition coefficient (Wildman–Crippen LogP) is 4.33. The van der Waals surface area contributed by atoms with Gasteiger partial charge in [0.2, 0.25) is 0 Å². The molecule has 0 radical (unpaired) electrons. The molecule has 0 heterocycles. The largest absolute Gasteiger partial charge is 0.493 e. The topological polar surface area (TPSA) is 68.2 Å². The third-order valence-corrected chi connectivity index (χ3v) is 3.76. The SMILES string of the molecule is CCOc1cccc(N(O)C(=O)OC)c1COc1ccc(CC)cc1F. The zero-order valence-corrected chi connectivity index (χ0v) is 15.0. The summed E-state index contributed by atoms with van der Waals surface area (Å²) in [7, 11) is 1.15. The Morgan fingerprint density at radius 2 is 1.92 bits per heavy atom. The van der Waals surface area contributed by atoms with Gasteiger partial charge in [0.15, 0.2) is 11.6 Å². The number of rotatable bonds is 7. The number of halogens is 1. The number of carbonyl (C=O) groups excluding carboxylic acids is 1. The lowest BCUT2D eigenvalue weighted by Gasteiger charge is -2.20. The summed E-state index contributed by atoms with van der Waals surface area (Å²) in [5, 5.41) is 10.4. The minimum absolute atomic E-state index is 0.0713. The van der Waals surface area contributed by atoms with Crippen LogP contribution in [0, 0.1) is 5.82 Å². The standard InChI is InChI=1S/C19H22FNO5/c1-4-13-9-10-18(15(20)11-13)26-12-14-16(21(23)19(22)24-3)7-6-8-17(14)25-5-2/h6-11,23H,4-5,12H2,1-3H3. The molecule has 0 saturated heterocycles. The third kappa shape index (κ3) is 4.43. The van der Waals surface area contributed by atoms with E-state index < -0.39 is 11.9 Å². The lowest BCUT2D eigenvalue weighted by atomic mass is 10.1. The van der Waals surface area contributed by atoms with Gasteiger partial charge < -0.3 is 14.2 Å². The Morgan fingerprint density at radius 1 is 1.15 bits per heavy atom. The van der Waals surface area contributed by atoms with Crippen LogP contribution < -0.4 is 14.5 Å². The van der Waals surface area contributed by atoms with Crippen LogP contribution in [0.2, 0.25) is 0 Å². The molecule has 0 aromatic heterocycles. The summed E-state index contributed by atoms with van der Waals surface area (Å²) in [6, 6.07) is 9.54. The van der Waals surface area contributed by atoms with Crippen molar-refractivity contribution in [3.63, 3.8) is 0 Å². The Hall–Kier alpha value is -2.80. The van der Waals surface area contributed by atoms with Crippen LogP contribution in [0.3, 0.4) is 0 Å². The van der Waals surface area contributed by atoms with Crippen LogP contribution in [-0.2, 0) is 17.8 Å². The number of methoxy groups -OCH3 is 1. The maximum atomic E-state index is 14.1. The van der Waals surface area contributed by atoms with Crippen molar-refractivity contribution in [1.29, 1.82) is 0 Å². The second-order valence-corrected chi connectivity index (χ2v) is 5.38. The summed E-state index contributed by atoms with van der Waals surface area (Å²) >= 11 is 0. The van der Waals surface area contributed by atoms with E-state index in [4.69, 9.17) is 9.47 Å². The van der Waals surface area contributed by atoms with Gasteiger partial charge in [-0.05, 0) is 43.2 Å². The monoisotopic (exact) mass is 363 g/mol. The zero-order chi connectivity index (χ0) is 19.1. The number of ether oxygens (including phenoxy) is 3. The van der Waals surface area contributed by atoms with E-state index in [0.717, 1.165) is 12.7 Å². The van der Waals surface area contributed by atoms with Gasteiger partial charge in [-0.25, -0.2) is 9.18 Å². The van der Waals surface area contributed by atoms with Gasteiger partial charge >= 0.3 is 6.09 Å². The molecule has 1 N–H and O–H groups in total. The molecule has 0 aliphatic heterocycles. The molecule has 2 aromatic carbocycles. The number of carbonyl (C=O) groups is 1. The van der Waals surface area contributed by atoms with Crippen molar-refractivity contribution in [3.05, 3.63) is 53.3 Å². The molecule has 0 aliphatic rings. The highest BCUT2D eigenvalue weighted by Crippen LogP contribution is 2.31. The molecule has 0 aliphatic carbocycles. The molecule has 2 aromatic rings. The van der Waals surface area contributed by atoms with Crippen molar-refractivity contribution in [2.45, 2.75) is 26.9 Å². The quantitative estimate of drug-likeness (QED) is 0.586. The molecule has 0 bridgehead atoms. The summed E-state index contributed by atoms with van der Waals surface area (Å²) in [6.45, 7) is 4.00. The van der Waals surface area contributed by atoms with Crippen LogP contribution in [0.25, 0.3) is 0 Å². The molecule has 7 heteroatoms. The fraction of sp³-hybridized carbons (Fsp3) is 0.316. The second kappa shape index (κ2) is 9.05. The van der Waals surface area contributed by atoms with Crippen LogP contribution in [0.1, 0.15) is 25.0 Å². The highest BCUT2D eigenvalue weighted by Gasteiger charge is 2.21. The summed E-state index contributed by atoms with van der Waals surface area (Å²) in [5.74, 6) is 0.00848. The molecule has 1 amide bonds. The number of nitrogens with zero attached hydrogens (tertiary/aromatic N) is 1. The van der Waals surface area contributed by atoms with E-state index in [1.54, 1.807) is 31.2 Å². The summed E-state index contributed by atoms with van der Waals surface area (Å²) in [6.07, 6.45) is -0.244. The van der Waals surface area contributed by atoms with Crippen LogP contribution in [0.4, 0.5) is 14.9 Å². The van der Waals surface area contributed by atoms with Gasteiger partial charge in [0.05, 0.1) is 25.0 Å².